The molecule has 194 valence electrons. The zero-order chi connectivity index (χ0) is 26.8. The molecule has 2 amide bonds. The molecule has 2 aromatic heterocycles. The van der Waals surface area contributed by atoms with Crippen LogP contribution in [-0.4, -0.2) is 49.4 Å². The van der Waals surface area contributed by atoms with Crippen molar-refractivity contribution >= 4 is 47.0 Å². The van der Waals surface area contributed by atoms with Crippen molar-refractivity contribution in [2.75, 3.05) is 6.54 Å². The van der Waals surface area contributed by atoms with Gasteiger partial charge in [-0.3, -0.25) is 9.78 Å². The summed E-state index contributed by atoms with van der Waals surface area (Å²) in [6.45, 7) is 10.7. The minimum atomic E-state index is -0.794. The normalized spacial score (nSPS) is 12.0. The number of halogens is 1. The van der Waals surface area contributed by atoms with E-state index in [1.54, 1.807) is 70.5 Å². The molecule has 0 atom stereocenters. The third-order valence-electron chi connectivity index (χ3n) is 5.04. The fraction of sp³-hybridized carbons (Fsp3) is 0.440. The number of benzene rings is 1. The van der Waals surface area contributed by atoms with Crippen molar-refractivity contribution in [3.05, 3.63) is 61.7 Å². The second kappa shape index (κ2) is 10.5. The number of aromatic nitrogens is 3. The third kappa shape index (κ3) is 6.98. The molecule has 9 nitrogen and oxygen atoms in total. The van der Waals surface area contributed by atoms with Gasteiger partial charge in [-0.25, -0.2) is 14.5 Å². The van der Waals surface area contributed by atoms with Gasteiger partial charge in [0.25, 0.3) is 5.56 Å². The fourth-order valence-electron chi connectivity index (χ4n) is 3.54. The first-order chi connectivity index (χ1) is 16.6. The lowest BCUT2D eigenvalue weighted by atomic mass is 10.0. The molecule has 0 radical (unpaired) electrons. The van der Waals surface area contributed by atoms with E-state index in [1.807, 2.05) is 6.07 Å². The molecule has 0 bridgehead atoms. The van der Waals surface area contributed by atoms with E-state index in [4.69, 9.17) is 33.3 Å². The first kappa shape index (κ1) is 27.5. The van der Waals surface area contributed by atoms with Gasteiger partial charge in [-0.1, -0.05) is 17.7 Å². The van der Waals surface area contributed by atoms with E-state index in [9.17, 15) is 14.4 Å². The lowest BCUT2D eigenvalue weighted by Crippen LogP contribution is -2.44. The summed E-state index contributed by atoms with van der Waals surface area (Å²) in [7, 11) is 0. The molecule has 2 N–H and O–H groups in total. The Hall–Kier alpha value is -3.11. The maximum Gasteiger partial charge on any atom is 0.419 e. The number of aromatic amines is 2. The number of carbonyl (C=O) groups is 2. The fourth-order valence-corrected chi connectivity index (χ4v) is 3.99. The van der Waals surface area contributed by atoms with Gasteiger partial charge < -0.3 is 19.0 Å². The van der Waals surface area contributed by atoms with Crippen LogP contribution in [0.5, 0.6) is 0 Å². The number of rotatable bonds is 5. The Morgan fingerprint density at radius 2 is 1.64 bits per heavy atom. The van der Waals surface area contributed by atoms with Crippen LogP contribution in [0.25, 0.3) is 11.0 Å². The van der Waals surface area contributed by atoms with E-state index >= 15 is 0 Å². The Morgan fingerprint density at radius 1 is 1.03 bits per heavy atom. The van der Waals surface area contributed by atoms with Crippen molar-refractivity contribution in [1.29, 1.82) is 0 Å². The van der Waals surface area contributed by atoms with Gasteiger partial charge in [0.2, 0.25) is 0 Å². The number of nitrogens with zero attached hydrogens (tertiary/aromatic N) is 2. The Kier molecular flexibility index (Phi) is 8.00. The zero-order valence-corrected chi connectivity index (χ0v) is 22.8. The number of ether oxygens (including phenoxy) is 2. The summed E-state index contributed by atoms with van der Waals surface area (Å²) in [5.74, 6) is 0. The van der Waals surface area contributed by atoms with Crippen LogP contribution in [0.4, 0.5) is 9.59 Å². The van der Waals surface area contributed by atoms with E-state index in [-0.39, 0.29) is 16.9 Å². The number of hydrogen-bond donors (Lipinski definition) is 2. The van der Waals surface area contributed by atoms with Crippen LogP contribution in [0.2, 0.25) is 5.02 Å². The first-order valence-corrected chi connectivity index (χ1v) is 12.2. The molecule has 0 fully saturated rings. The molecule has 0 aliphatic rings. The van der Waals surface area contributed by atoms with E-state index in [1.165, 1.54) is 0 Å². The molecule has 0 aliphatic heterocycles. The molecule has 1 aromatic carbocycles. The first-order valence-electron chi connectivity index (χ1n) is 11.5. The van der Waals surface area contributed by atoms with Crippen molar-refractivity contribution < 1.29 is 19.1 Å². The van der Waals surface area contributed by atoms with Gasteiger partial charge in [0, 0.05) is 17.8 Å². The second-order valence-corrected chi connectivity index (χ2v) is 11.2. The van der Waals surface area contributed by atoms with Crippen LogP contribution in [0, 0.1) is 4.77 Å². The van der Waals surface area contributed by atoms with Gasteiger partial charge in [0.05, 0.1) is 12.1 Å². The van der Waals surface area contributed by atoms with Crippen LogP contribution in [0.15, 0.2) is 35.3 Å². The lowest BCUT2D eigenvalue weighted by Gasteiger charge is -2.28. The summed E-state index contributed by atoms with van der Waals surface area (Å²) in [5.41, 5.74) is 0.865. The predicted octanol–water partition coefficient (Wildman–Crippen LogP) is 5.80. The van der Waals surface area contributed by atoms with Crippen LogP contribution in [-0.2, 0) is 22.4 Å². The molecular weight excluding hydrogens is 504 g/mol. The average molecular weight is 535 g/mol. The minimum absolute atomic E-state index is 0.00769. The van der Waals surface area contributed by atoms with Gasteiger partial charge in [0.1, 0.15) is 16.7 Å². The van der Waals surface area contributed by atoms with Gasteiger partial charge >= 0.3 is 12.2 Å². The molecule has 3 rings (SSSR count). The molecular formula is C25H31ClN4O5S. The highest BCUT2D eigenvalue weighted by Crippen LogP contribution is 2.21. The largest absolute Gasteiger partial charge is 0.443 e. The molecule has 0 saturated heterocycles. The number of hydrogen-bond acceptors (Lipinski definition) is 6. The molecule has 0 saturated carbocycles. The lowest BCUT2D eigenvalue weighted by molar-refractivity contribution is 0.00170. The predicted molar refractivity (Wildman–Crippen MR) is 141 cm³/mol. The number of imide groups is 1. The zero-order valence-electron chi connectivity index (χ0n) is 21.2. The van der Waals surface area contributed by atoms with Gasteiger partial charge in [-0.2, -0.15) is 0 Å². The van der Waals surface area contributed by atoms with Crippen LogP contribution >= 0.6 is 23.8 Å². The van der Waals surface area contributed by atoms with E-state index < -0.39 is 23.4 Å². The molecule has 0 spiro atoms. The molecule has 0 unspecified atom stereocenters. The van der Waals surface area contributed by atoms with E-state index in [2.05, 4.69) is 9.97 Å². The number of amides is 2. The highest BCUT2D eigenvalue weighted by Gasteiger charge is 2.31. The number of fused-ring (bicyclic) bond motifs is 1. The monoisotopic (exact) mass is 534 g/mol. The van der Waals surface area contributed by atoms with E-state index in [0.29, 0.717) is 29.0 Å². The average Bonchev–Trinajstić information content (AvgIpc) is 3.20. The summed E-state index contributed by atoms with van der Waals surface area (Å²) >= 11 is 11.7. The molecule has 0 aliphatic carbocycles. The van der Waals surface area contributed by atoms with Crippen molar-refractivity contribution in [3.63, 3.8) is 0 Å². The smallest absolute Gasteiger partial charge is 0.419 e. The number of nitrogens with one attached hydrogen (secondary N) is 2. The molecule has 2 heterocycles. The Morgan fingerprint density at radius 3 is 2.22 bits per heavy atom. The van der Waals surface area contributed by atoms with Crippen molar-refractivity contribution in [1.82, 2.24) is 19.4 Å². The van der Waals surface area contributed by atoms with Gasteiger partial charge in [0.15, 0.2) is 4.77 Å². The van der Waals surface area contributed by atoms with Gasteiger partial charge in [-0.15, -0.1) is 0 Å². The summed E-state index contributed by atoms with van der Waals surface area (Å²) in [4.78, 5) is 44.5. The SMILES string of the molecule is CC(C)(C)OC(=O)N(CCc1cc(Cl)ccc1Cn1c(=S)[nH]c(=O)c2[nH]ccc21)C(=O)OC(C)(C)C. The highest BCUT2D eigenvalue weighted by molar-refractivity contribution is 7.71. The second-order valence-electron chi connectivity index (χ2n) is 10.4. The maximum atomic E-state index is 12.9. The Balaban J connectivity index is 1.92. The van der Waals surface area contributed by atoms with Gasteiger partial charge in [-0.05, 0) is 89.5 Å². The number of H-pyrrole nitrogens is 2. The molecule has 11 heteroatoms. The van der Waals surface area contributed by atoms with Crippen LogP contribution in [0.1, 0.15) is 52.7 Å². The summed E-state index contributed by atoms with van der Waals surface area (Å²) in [6.07, 6.45) is 0.379. The third-order valence-corrected chi connectivity index (χ3v) is 5.60. The topological polar surface area (TPSA) is 109 Å². The Bertz CT molecular complexity index is 1370. The summed E-state index contributed by atoms with van der Waals surface area (Å²) in [6, 6.07) is 7.17. The molecule has 36 heavy (non-hydrogen) atoms. The highest BCUT2D eigenvalue weighted by atomic mass is 35.5. The van der Waals surface area contributed by atoms with Crippen LogP contribution < -0.4 is 5.56 Å². The van der Waals surface area contributed by atoms with Crippen molar-refractivity contribution in [2.24, 2.45) is 0 Å². The van der Waals surface area contributed by atoms with Crippen LogP contribution in [0.3, 0.4) is 0 Å². The van der Waals surface area contributed by atoms with Crippen molar-refractivity contribution in [2.45, 2.75) is 65.7 Å². The maximum absolute atomic E-state index is 12.9. The number of carbonyl (C=O) groups excluding carboxylic acids is 2. The molecule has 3 aromatic rings. The minimum Gasteiger partial charge on any atom is -0.443 e. The standard InChI is InChI=1S/C25H31ClN4O5S/c1-24(2,3)34-22(32)29(23(33)35-25(4,5)6)12-10-15-13-17(26)8-7-16(15)14-30-18-9-11-27-19(18)20(31)28-21(30)36/h7-9,11,13,27H,10,12,14H2,1-6H3,(H,28,31,36). The Labute approximate surface area is 219 Å². The summed E-state index contributed by atoms with van der Waals surface area (Å²) in [5, 5.41) is 0.506. The summed E-state index contributed by atoms with van der Waals surface area (Å²) < 4.78 is 13.0. The van der Waals surface area contributed by atoms with Crippen molar-refractivity contribution in [3.8, 4) is 0 Å². The van der Waals surface area contributed by atoms with E-state index in [0.717, 1.165) is 16.0 Å². The quantitative estimate of drug-likeness (QED) is 0.400.